The summed E-state index contributed by atoms with van der Waals surface area (Å²) in [6, 6.07) is 9.52. The van der Waals surface area contributed by atoms with E-state index in [0.717, 1.165) is 51.1 Å². The number of ether oxygens (including phenoxy) is 2. The predicted molar refractivity (Wildman–Crippen MR) is 162 cm³/mol. The largest absolute Gasteiger partial charge is 0.458 e. The quantitative estimate of drug-likeness (QED) is 0.195. The summed E-state index contributed by atoms with van der Waals surface area (Å²) in [7, 11) is -0.299. The maximum absolute atomic E-state index is 13.8. The molecule has 0 radical (unpaired) electrons. The molecule has 0 spiro atoms. The van der Waals surface area contributed by atoms with Gasteiger partial charge in [-0.25, -0.2) is 9.59 Å². The van der Waals surface area contributed by atoms with E-state index >= 15 is 0 Å². The summed E-state index contributed by atoms with van der Waals surface area (Å²) in [6.45, 7) is 18.6. The number of benzene rings is 1. The average molecular weight is 574 g/mol. The van der Waals surface area contributed by atoms with Gasteiger partial charge >= 0.3 is 19.2 Å². The molecule has 0 bridgehead atoms. The maximum Gasteiger partial charge on any atom is 0.457 e. The number of piperazine rings is 1. The molecule has 0 saturated carbocycles. The van der Waals surface area contributed by atoms with Crippen LogP contribution in [0.3, 0.4) is 0 Å². The highest BCUT2D eigenvalue weighted by molar-refractivity contribution is 6.45. The SMILES string of the molecule is CC(C)(C)OC(=O)C(CCCCB1OC(C)(C)C(C)(C)O1)(CCCN1CCNCC1)NC(=O)OCc1ccccc1. The fourth-order valence-electron chi connectivity index (χ4n) is 5.20. The molecule has 10 heteroatoms. The van der Waals surface area contributed by atoms with Gasteiger partial charge in [-0.1, -0.05) is 43.2 Å². The van der Waals surface area contributed by atoms with E-state index < -0.39 is 23.2 Å². The standard InChI is InChI=1S/C31H52BN3O6/c1-28(2,3)39-26(36)31(17-13-21-35-22-19-33-20-23-35,34-27(37)38-24-25-14-9-8-10-15-25)16-11-12-18-32-40-29(4,5)30(6,7)41-32/h8-10,14-15,33H,11-13,16-24H2,1-7H3,(H,34,37). The zero-order valence-corrected chi connectivity index (χ0v) is 26.3. The molecule has 1 atom stereocenters. The summed E-state index contributed by atoms with van der Waals surface area (Å²) in [5, 5.41) is 6.36. The molecule has 2 fully saturated rings. The van der Waals surface area contributed by atoms with Crippen LogP contribution in [-0.4, -0.2) is 79.1 Å². The third kappa shape index (κ3) is 10.3. The van der Waals surface area contributed by atoms with E-state index in [-0.39, 0.29) is 24.9 Å². The highest BCUT2D eigenvalue weighted by atomic mass is 16.7. The minimum absolute atomic E-state index is 0.125. The van der Waals surface area contributed by atoms with E-state index in [0.29, 0.717) is 25.6 Å². The number of nitrogens with zero attached hydrogens (tertiary/aromatic N) is 1. The van der Waals surface area contributed by atoms with Gasteiger partial charge in [-0.3, -0.25) is 0 Å². The van der Waals surface area contributed by atoms with E-state index in [1.807, 2.05) is 78.8 Å². The lowest BCUT2D eigenvalue weighted by molar-refractivity contribution is -0.164. The second-order valence-corrected chi connectivity index (χ2v) is 13.4. The fourth-order valence-corrected chi connectivity index (χ4v) is 5.20. The van der Waals surface area contributed by atoms with Crippen molar-refractivity contribution in [3.05, 3.63) is 35.9 Å². The molecule has 0 aromatic heterocycles. The number of esters is 1. The zero-order chi connectivity index (χ0) is 30.2. The number of hydrogen-bond acceptors (Lipinski definition) is 8. The second-order valence-electron chi connectivity index (χ2n) is 13.4. The van der Waals surface area contributed by atoms with Gasteiger partial charge in [0.15, 0.2) is 0 Å². The van der Waals surface area contributed by atoms with Gasteiger partial charge in [-0.15, -0.1) is 0 Å². The van der Waals surface area contributed by atoms with Gasteiger partial charge in [0, 0.05) is 26.2 Å². The highest BCUT2D eigenvalue weighted by Crippen LogP contribution is 2.38. The van der Waals surface area contributed by atoms with Crippen molar-refractivity contribution >= 4 is 19.2 Å². The average Bonchev–Trinajstić information content (AvgIpc) is 3.11. The van der Waals surface area contributed by atoms with Crippen LogP contribution in [0.15, 0.2) is 30.3 Å². The maximum atomic E-state index is 13.8. The van der Waals surface area contributed by atoms with Gasteiger partial charge in [0.25, 0.3) is 0 Å². The Hall–Kier alpha value is -2.14. The summed E-state index contributed by atoms with van der Waals surface area (Å²) >= 11 is 0. The first kappa shape index (κ1) is 33.4. The lowest BCUT2D eigenvalue weighted by Crippen LogP contribution is -2.57. The smallest absolute Gasteiger partial charge is 0.457 e. The lowest BCUT2D eigenvalue weighted by atomic mass is 9.80. The van der Waals surface area contributed by atoms with Crippen LogP contribution in [0.4, 0.5) is 4.79 Å². The third-order valence-electron chi connectivity index (χ3n) is 8.23. The zero-order valence-electron chi connectivity index (χ0n) is 26.3. The molecule has 1 unspecified atom stereocenters. The van der Waals surface area contributed by atoms with Gasteiger partial charge in [-0.2, -0.15) is 0 Å². The predicted octanol–water partition coefficient (Wildman–Crippen LogP) is 4.94. The molecule has 2 N–H and O–H groups in total. The van der Waals surface area contributed by atoms with Crippen molar-refractivity contribution in [1.29, 1.82) is 0 Å². The van der Waals surface area contributed by atoms with Crippen LogP contribution in [0.2, 0.25) is 6.32 Å². The Morgan fingerprint density at radius 2 is 1.59 bits per heavy atom. The molecule has 2 aliphatic rings. The fraction of sp³-hybridized carbons (Fsp3) is 0.742. The van der Waals surface area contributed by atoms with Gasteiger partial charge in [0.05, 0.1) is 11.2 Å². The molecule has 1 aromatic rings. The van der Waals surface area contributed by atoms with Crippen LogP contribution in [0.1, 0.15) is 86.1 Å². The number of unbranched alkanes of at least 4 members (excludes halogenated alkanes) is 1. The number of amides is 1. The van der Waals surface area contributed by atoms with Gasteiger partial charge in [-0.05, 0) is 86.2 Å². The molecule has 2 saturated heterocycles. The Kier molecular flexibility index (Phi) is 11.7. The minimum atomic E-state index is -1.20. The summed E-state index contributed by atoms with van der Waals surface area (Å²) in [5.74, 6) is -0.419. The molecule has 9 nitrogen and oxygen atoms in total. The van der Waals surface area contributed by atoms with Crippen LogP contribution in [0.5, 0.6) is 0 Å². The molecule has 3 rings (SSSR count). The van der Waals surface area contributed by atoms with Crippen molar-refractivity contribution in [2.45, 2.75) is 116 Å². The van der Waals surface area contributed by atoms with Crippen LogP contribution in [-0.2, 0) is 30.2 Å². The number of alkyl carbamates (subject to hydrolysis) is 1. The first-order valence-electron chi connectivity index (χ1n) is 15.2. The van der Waals surface area contributed by atoms with E-state index in [1.165, 1.54) is 0 Å². The number of rotatable bonds is 13. The molecule has 2 heterocycles. The molecule has 0 aliphatic carbocycles. The molecule has 1 aromatic carbocycles. The van der Waals surface area contributed by atoms with Crippen LogP contribution in [0, 0.1) is 0 Å². The summed E-state index contributed by atoms with van der Waals surface area (Å²) in [5.41, 5.74) is -1.78. The second kappa shape index (κ2) is 14.4. The first-order valence-corrected chi connectivity index (χ1v) is 15.2. The molecular weight excluding hydrogens is 521 g/mol. The Balaban J connectivity index is 1.71. The third-order valence-corrected chi connectivity index (χ3v) is 8.23. The van der Waals surface area contributed by atoms with E-state index in [9.17, 15) is 9.59 Å². The molecule has 230 valence electrons. The molecule has 1 amide bonds. The highest BCUT2D eigenvalue weighted by Gasteiger charge is 2.50. The van der Waals surface area contributed by atoms with E-state index in [2.05, 4.69) is 15.5 Å². The van der Waals surface area contributed by atoms with Gasteiger partial charge in [0.1, 0.15) is 17.7 Å². The molecular formula is C31H52BN3O6. The summed E-state index contributed by atoms with van der Waals surface area (Å²) in [6.07, 6.45) is 3.20. The number of carbonyl (C=O) groups excluding carboxylic acids is 2. The van der Waals surface area contributed by atoms with Crippen LogP contribution >= 0.6 is 0 Å². The molecule has 2 aliphatic heterocycles. The van der Waals surface area contributed by atoms with Gasteiger partial charge < -0.3 is 34.3 Å². The van der Waals surface area contributed by atoms with Crippen molar-refractivity contribution in [1.82, 2.24) is 15.5 Å². The number of carbonyl (C=O) groups is 2. The summed E-state index contributed by atoms with van der Waals surface area (Å²) in [4.78, 5) is 29.4. The monoisotopic (exact) mass is 573 g/mol. The Labute approximate surface area is 247 Å². The Bertz CT molecular complexity index is 962. The molecule has 41 heavy (non-hydrogen) atoms. The van der Waals surface area contributed by atoms with Crippen LogP contribution in [0.25, 0.3) is 0 Å². The Morgan fingerprint density at radius 1 is 0.976 bits per heavy atom. The van der Waals surface area contributed by atoms with Crippen molar-refractivity contribution < 1.29 is 28.4 Å². The van der Waals surface area contributed by atoms with Crippen molar-refractivity contribution in [3.8, 4) is 0 Å². The normalized spacial score (nSPS) is 20.3. The topological polar surface area (TPSA) is 98.4 Å². The van der Waals surface area contributed by atoms with E-state index in [4.69, 9.17) is 18.8 Å². The summed E-state index contributed by atoms with van der Waals surface area (Å²) < 4.78 is 23.8. The first-order chi connectivity index (χ1) is 19.2. The number of nitrogens with one attached hydrogen (secondary N) is 2. The minimum Gasteiger partial charge on any atom is -0.458 e. The van der Waals surface area contributed by atoms with Gasteiger partial charge in [0.2, 0.25) is 0 Å². The van der Waals surface area contributed by atoms with Crippen LogP contribution < -0.4 is 10.6 Å². The number of hydrogen-bond donors (Lipinski definition) is 2. The van der Waals surface area contributed by atoms with Crippen molar-refractivity contribution in [2.75, 3.05) is 32.7 Å². The Morgan fingerprint density at radius 3 is 2.20 bits per heavy atom. The van der Waals surface area contributed by atoms with E-state index in [1.54, 1.807) is 0 Å². The van der Waals surface area contributed by atoms with Crippen molar-refractivity contribution in [2.24, 2.45) is 0 Å². The van der Waals surface area contributed by atoms with Crippen molar-refractivity contribution in [3.63, 3.8) is 0 Å². The lowest BCUT2D eigenvalue weighted by Gasteiger charge is -2.36.